The highest BCUT2D eigenvalue weighted by molar-refractivity contribution is 6.28. The summed E-state index contributed by atoms with van der Waals surface area (Å²) in [5.74, 6) is 0.499. The van der Waals surface area contributed by atoms with Crippen molar-refractivity contribution >= 4 is 28.8 Å². The largest absolute Gasteiger partial charge is 0.394 e. The molecule has 0 bridgehead atoms. The number of halogens is 1. The predicted octanol–water partition coefficient (Wildman–Crippen LogP) is 4.12. The number of hydrogen-bond donors (Lipinski definition) is 2. The van der Waals surface area contributed by atoms with Crippen molar-refractivity contribution < 1.29 is 0 Å². The molecule has 0 saturated carbocycles. The summed E-state index contributed by atoms with van der Waals surface area (Å²) >= 11 is 5.82. The average Bonchev–Trinajstić information content (AvgIpc) is 2.52. The Hall–Kier alpha value is -2.59. The molecule has 0 aliphatic heterocycles. The first-order valence-electron chi connectivity index (χ1n) is 6.43. The number of nitrogens with two attached hydrogens (primary N) is 1. The van der Waals surface area contributed by atoms with Gasteiger partial charge in [-0.15, -0.1) is 0 Å². The van der Waals surface area contributed by atoms with Crippen molar-refractivity contribution in [3.05, 3.63) is 66.1 Å². The number of nitrogens with one attached hydrogen (secondary N) is 1. The van der Waals surface area contributed by atoms with Crippen LogP contribution in [0, 0.1) is 0 Å². The van der Waals surface area contributed by atoms with Crippen molar-refractivity contribution in [2.45, 2.75) is 0 Å². The van der Waals surface area contributed by atoms with Crippen LogP contribution in [0.3, 0.4) is 0 Å². The van der Waals surface area contributed by atoms with E-state index in [1.807, 2.05) is 42.5 Å². The highest BCUT2D eigenvalue weighted by atomic mass is 35.5. The highest BCUT2D eigenvalue weighted by Gasteiger charge is 2.08. The minimum atomic E-state index is 0.156. The Balaban J connectivity index is 2.02. The molecule has 21 heavy (non-hydrogen) atoms. The van der Waals surface area contributed by atoms with Gasteiger partial charge >= 0.3 is 0 Å². The fourth-order valence-electron chi connectivity index (χ4n) is 2.06. The molecular weight excluding hydrogens is 284 g/mol. The van der Waals surface area contributed by atoms with Gasteiger partial charge in [-0.3, -0.25) is 0 Å². The minimum absolute atomic E-state index is 0.156. The molecular formula is C16H13ClN4. The molecule has 104 valence electrons. The second kappa shape index (κ2) is 5.81. The Morgan fingerprint density at radius 2 is 1.67 bits per heavy atom. The second-order valence-corrected chi connectivity index (χ2v) is 4.82. The topological polar surface area (TPSA) is 63.8 Å². The molecule has 0 fully saturated rings. The Morgan fingerprint density at radius 1 is 0.952 bits per heavy atom. The monoisotopic (exact) mass is 296 g/mol. The quantitative estimate of drug-likeness (QED) is 0.714. The summed E-state index contributed by atoms with van der Waals surface area (Å²) in [6.07, 6.45) is 1.49. The molecule has 4 nitrogen and oxygen atoms in total. The fraction of sp³-hybridized carbons (Fsp3) is 0. The number of rotatable bonds is 3. The summed E-state index contributed by atoms with van der Waals surface area (Å²) < 4.78 is 0. The predicted molar refractivity (Wildman–Crippen MR) is 86.6 cm³/mol. The van der Waals surface area contributed by atoms with Gasteiger partial charge in [-0.2, -0.15) is 4.98 Å². The van der Waals surface area contributed by atoms with Crippen molar-refractivity contribution in [1.29, 1.82) is 0 Å². The molecule has 1 heterocycles. The third-order valence-corrected chi connectivity index (χ3v) is 3.23. The zero-order chi connectivity index (χ0) is 14.7. The van der Waals surface area contributed by atoms with Crippen molar-refractivity contribution in [3.8, 4) is 11.1 Å². The summed E-state index contributed by atoms with van der Waals surface area (Å²) in [6.45, 7) is 0. The van der Waals surface area contributed by atoms with Crippen molar-refractivity contribution in [2.24, 2.45) is 0 Å². The zero-order valence-electron chi connectivity index (χ0n) is 11.1. The fourth-order valence-corrected chi connectivity index (χ4v) is 2.19. The number of aromatic nitrogens is 2. The lowest BCUT2D eigenvalue weighted by atomic mass is 10.0. The van der Waals surface area contributed by atoms with Gasteiger partial charge in [-0.1, -0.05) is 48.5 Å². The summed E-state index contributed by atoms with van der Waals surface area (Å²) in [4.78, 5) is 7.97. The summed E-state index contributed by atoms with van der Waals surface area (Å²) in [5.41, 5.74) is 9.41. The second-order valence-electron chi connectivity index (χ2n) is 4.48. The van der Waals surface area contributed by atoms with E-state index in [2.05, 4.69) is 27.4 Å². The van der Waals surface area contributed by atoms with E-state index in [4.69, 9.17) is 17.3 Å². The van der Waals surface area contributed by atoms with Crippen molar-refractivity contribution in [2.75, 3.05) is 11.1 Å². The minimum Gasteiger partial charge on any atom is -0.394 e. The van der Waals surface area contributed by atoms with Gasteiger partial charge in [0, 0.05) is 11.3 Å². The normalized spacial score (nSPS) is 10.3. The lowest BCUT2D eigenvalue weighted by Gasteiger charge is -2.13. The smallest absolute Gasteiger partial charge is 0.224 e. The molecule has 3 aromatic rings. The summed E-state index contributed by atoms with van der Waals surface area (Å²) in [6, 6.07) is 18.0. The average molecular weight is 297 g/mol. The first-order valence-corrected chi connectivity index (χ1v) is 6.81. The van der Waals surface area contributed by atoms with E-state index in [0.717, 1.165) is 16.8 Å². The van der Waals surface area contributed by atoms with Crippen LogP contribution in [0.25, 0.3) is 11.1 Å². The van der Waals surface area contributed by atoms with Gasteiger partial charge in [0.1, 0.15) is 0 Å². The molecule has 0 unspecified atom stereocenters. The van der Waals surface area contributed by atoms with Crippen molar-refractivity contribution in [3.63, 3.8) is 0 Å². The molecule has 0 aliphatic carbocycles. The molecule has 0 aliphatic rings. The van der Waals surface area contributed by atoms with E-state index in [9.17, 15) is 0 Å². The number of nitrogen functional groups attached to an aromatic ring is 1. The van der Waals surface area contributed by atoms with Gasteiger partial charge < -0.3 is 11.1 Å². The highest BCUT2D eigenvalue weighted by Crippen LogP contribution is 2.31. The van der Waals surface area contributed by atoms with Crippen LogP contribution in [0.15, 0.2) is 60.8 Å². The Bertz CT molecular complexity index is 759. The van der Waals surface area contributed by atoms with Crippen LogP contribution in [0.4, 0.5) is 17.2 Å². The lowest BCUT2D eigenvalue weighted by Crippen LogP contribution is -2.01. The number of para-hydroxylation sites is 1. The van der Waals surface area contributed by atoms with E-state index >= 15 is 0 Å². The standard InChI is InChI=1S/C16H13ClN4/c17-16-19-10-13(18)15(21-16)20-14-9-5-4-8-12(14)11-6-2-1-3-7-11/h1-10H,18H2,(H,19,20,21). The van der Waals surface area contributed by atoms with E-state index in [1.54, 1.807) is 0 Å². The van der Waals surface area contributed by atoms with Gasteiger partial charge in [0.15, 0.2) is 5.82 Å². The maximum Gasteiger partial charge on any atom is 0.224 e. The Labute approximate surface area is 127 Å². The molecule has 0 amide bonds. The maximum absolute atomic E-state index is 5.88. The van der Waals surface area contributed by atoms with E-state index in [1.165, 1.54) is 6.20 Å². The Kier molecular flexibility index (Phi) is 3.71. The molecule has 2 aromatic carbocycles. The first-order chi connectivity index (χ1) is 10.2. The van der Waals surface area contributed by atoms with Crippen LogP contribution in [0.1, 0.15) is 0 Å². The summed E-state index contributed by atoms with van der Waals surface area (Å²) in [7, 11) is 0. The van der Waals surface area contributed by atoms with E-state index < -0.39 is 0 Å². The third kappa shape index (κ3) is 2.95. The number of nitrogens with zero attached hydrogens (tertiary/aromatic N) is 2. The maximum atomic E-state index is 5.88. The van der Waals surface area contributed by atoms with Crippen LogP contribution >= 0.6 is 11.6 Å². The van der Waals surface area contributed by atoms with E-state index in [0.29, 0.717) is 11.5 Å². The van der Waals surface area contributed by atoms with E-state index in [-0.39, 0.29) is 5.28 Å². The number of hydrogen-bond acceptors (Lipinski definition) is 4. The first kappa shape index (κ1) is 13.4. The lowest BCUT2D eigenvalue weighted by molar-refractivity contribution is 1.17. The van der Waals surface area contributed by atoms with Crippen LogP contribution in [-0.2, 0) is 0 Å². The van der Waals surface area contributed by atoms with Crippen LogP contribution in [-0.4, -0.2) is 9.97 Å². The van der Waals surface area contributed by atoms with Gasteiger partial charge in [0.25, 0.3) is 0 Å². The third-order valence-electron chi connectivity index (χ3n) is 3.05. The molecule has 0 spiro atoms. The van der Waals surface area contributed by atoms with Gasteiger partial charge in [0.05, 0.1) is 11.9 Å². The molecule has 5 heteroatoms. The van der Waals surface area contributed by atoms with Crippen LogP contribution < -0.4 is 11.1 Å². The number of anilines is 3. The molecule has 3 rings (SSSR count). The number of benzene rings is 2. The van der Waals surface area contributed by atoms with Gasteiger partial charge in [-0.05, 0) is 23.2 Å². The molecule has 0 radical (unpaired) electrons. The molecule has 3 N–H and O–H groups in total. The van der Waals surface area contributed by atoms with Crippen LogP contribution in [0.5, 0.6) is 0 Å². The SMILES string of the molecule is Nc1cnc(Cl)nc1Nc1ccccc1-c1ccccc1. The van der Waals surface area contributed by atoms with Gasteiger partial charge in [-0.25, -0.2) is 4.98 Å². The zero-order valence-corrected chi connectivity index (χ0v) is 11.9. The van der Waals surface area contributed by atoms with Gasteiger partial charge in [0.2, 0.25) is 5.28 Å². The molecule has 0 atom stereocenters. The van der Waals surface area contributed by atoms with Crippen LogP contribution in [0.2, 0.25) is 5.28 Å². The molecule has 0 saturated heterocycles. The summed E-state index contributed by atoms with van der Waals surface area (Å²) in [5, 5.41) is 3.38. The van der Waals surface area contributed by atoms with Crippen molar-refractivity contribution in [1.82, 2.24) is 9.97 Å². The Morgan fingerprint density at radius 3 is 2.48 bits per heavy atom. The molecule has 1 aromatic heterocycles.